The van der Waals surface area contributed by atoms with Crippen LogP contribution >= 0.6 is 0 Å². The van der Waals surface area contributed by atoms with Gasteiger partial charge in [-0.25, -0.2) is 9.97 Å². The first-order chi connectivity index (χ1) is 9.76. The third-order valence-electron chi connectivity index (χ3n) is 3.47. The Labute approximate surface area is 116 Å². The predicted octanol–water partition coefficient (Wildman–Crippen LogP) is 1.70. The zero-order chi connectivity index (χ0) is 13.9. The second kappa shape index (κ2) is 5.40. The standard InChI is InChI=1S/C14H16N4O2/c1-2-9-7-10(20-18-9)3-5-12-11-4-6-13(19)17-14(11)16-8-15-12/h7-8H,2-6H2,1H3,(H,15,16,17,19). The quantitative estimate of drug-likeness (QED) is 0.916. The lowest BCUT2D eigenvalue weighted by Gasteiger charge is -2.17. The number of carbonyl (C=O) groups excluding carboxylic acids is 1. The van der Waals surface area contributed by atoms with E-state index >= 15 is 0 Å². The van der Waals surface area contributed by atoms with Crippen LogP contribution in [0.3, 0.4) is 0 Å². The molecule has 0 aliphatic carbocycles. The van der Waals surface area contributed by atoms with Crippen molar-refractivity contribution in [2.45, 2.75) is 39.0 Å². The van der Waals surface area contributed by atoms with Gasteiger partial charge in [-0.15, -0.1) is 0 Å². The van der Waals surface area contributed by atoms with Crippen molar-refractivity contribution in [2.24, 2.45) is 0 Å². The summed E-state index contributed by atoms with van der Waals surface area (Å²) in [4.78, 5) is 19.8. The van der Waals surface area contributed by atoms with E-state index in [1.165, 1.54) is 6.33 Å². The maximum absolute atomic E-state index is 11.4. The summed E-state index contributed by atoms with van der Waals surface area (Å²) in [7, 11) is 0. The van der Waals surface area contributed by atoms with Crippen LogP contribution in [0.25, 0.3) is 0 Å². The largest absolute Gasteiger partial charge is 0.361 e. The maximum atomic E-state index is 11.4. The van der Waals surface area contributed by atoms with Crippen LogP contribution in [-0.4, -0.2) is 21.0 Å². The minimum atomic E-state index is 0.0185. The molecule has 2 aromatic rings. The van der Waals surface area contributed by atoms with E-state index in [1.54, 1.807) is 0 Å². The number of aryl methyl sites for hydroxylation is 3. The second-order valence-electron chi connectivity index (χ2n) is 4.83. The number of anilines is 1. The van der Waals surface area contributed by atoms with Gasteiger partial charge in [0.15, 0.2) is 0 Å². The molecular weight excluding hydrogens is 256 g/mol. The van der Waals surface area contributed by atoms with Gasteiger partial charge in [-0.05, 0) is 19.3 Å². The highest BCUT2D eigenvalue weighted by Gasteiger charge is 2.19. The molecule has 0 fully saturated rings. The van der Waals surface area contributed by atoms with Gasteiger partial charge in [0.2, 0.25) is 5.91 Å². The second-order valence-corrected chi connectivity index (χ2v) is 4.83. The van der Waals surface area contributed by atoms with Crippen molar-refractivity contribution < 1.29 is 9.32 Å². The summed E-state index contributed by atoms with van der Waals surface area (Å²) in [5.74, 6) is 1.54. The topological polar surface area (TPSA) is 80.9 Å². The molecule has 1 amide bonds. The molecule has 104 valence electrons. The Morgan fingerprint density at radius 2 is 2.20 bits per heavy atom. The summed E-state index contributed by atoms with van der Waals surface area (Å²) in [5.41, 5.74) is 2.99. The average molecular weight is 272 g/mol. The van der Waals surface area contributed by atoms with Crippen LogP contribution in [0, 0.1) is 0 Å². The Kier molecular flexibility index (Phi) is 3.45. The van der Waals surface area contributed by atoms with Crippen LogP contribution in [0.5, 0.6) is 0 Å². The average Bonchev–Trinajstić information content (AvgIpc) is 2.92. The van der Waals surface area contributed by atoms with Crippen molar-refractivity contribution in [2.75, 3.05) is 5.32 Å². The minimum absolute atomic E-state index is 0.0185. The number of rotatable bonds is 4. The van der Waals surface area contributed by atoms with Crippen LogP contribution in [0.2, 0.25) is 0 Å². The summed E-state index contributed by atoms with van der Waals surface area (Å²) in [6, 6.07) is 1.98. The molecule has 0 aromatic carbocycles. The van der Waals surface area contributed by atoms with E-state index in [9.17, 15) is 4.79 Å². The summed E-state index contributed by atoms with van der Waals surface area (Å²) in [6.07, 6.45) is 5.09. The smallest absolute Gasteiger partial charge is 0.225 e. The number of aromatic nitrogens is 3. The zero-order valence-electron chi connectivity index (χ0n) is 11.3. The summed E-state index contributed by atoms with van der Waals surface area (Å²) < 4.78 is 5.28. The molecule has 20 heavy (non-hydrogen) atoms. The van der Waals surface area contributed by atoms with E-state index in [4.69, 9.17) is 4.52 Å². The van der Waals surface area contributed by atoms with E-state index in [2.05, 4.69) is 20.4 Å². The molecule has 2 aromatic heterocycles. The van der Waals surface area contributed by atoms with Gasteiger partial charge in [0.25, 0.3) is 0 Å². The van der Waals surface area contributed by atoms with Crippen molar-refractivity contribution >= 4 is 11.7 Å². The van der Waals surface area contributed by atoms with E-state index in [1.807, 2.05) is 13.0 Å². The van der Waals surface area contributed by atoms with Gasteiger partial charge in [-0.2, -0.15) is 0 Å². The van der Waals surface area contributed by atoms with Crippen LogP contribution in [0.4, 0.5) is 5.82 Å². The third-order valence-corrected chi connectivity index (χ3v) is 3.47. The Morgan fingerprint density at radius 3 is 3.00 bits per heavy atom. The Morgan fingerprint density at radius 1 is 1.30 bits per heavy atom. The normalized spacial score (nSPS) is 13.9. The highest BCUT2D eigenvalue weighted by molar-refractivity contribution is 5.92. The lowest BCUT2D eigenvalue weighted by molar-refractivity contribution is -0.116. The molecule has 0 radical (unpaired) electrons. The lowest BCUT2D eigenvalue weighted by atomic mass is 10.0. The number of nitrogens with zero attached hydrogens (tertiary/aromatic N) is 3. The van der Waals surface area contributed by atoms with Gasteiger partial charge in [0.1, 0.15) is 17.9 Å². The summed E-state index contributed by atoms with van der Waals surface area (Å²) >= 11 is 0. The van der Waals surface area contributed by atoms with Crippen LogP contribution < -0.4 is 5.32 Å². The van der Waals surface area contributed by atoms with Crippen molar-refractivity contribution in [3.05, 3.63) is 35.1 Å². The van der Waals surface area contributed by atoms with Crippen LogP contribution in [-0.2, 0) is 30.5 Å². The Balaban J connectivity index is 1.74. The van der Waals surface area contributed by atoms with E-state index in [0.29, 0.717) is 18.7 Å². The predicted molar refractivity (Wildman–Crippen MR) is 72.3 cm³/mol. The van der Waals surface area contributed by atoms with Crippen molar-refractivity contribution in [1.29, 1.82) is 0 Å². The first kappa shape index (κ1) is 12.8. The van der Waals surface area contributed by atoms with Gasteiger partial charge in [-0.1, -0.05) is 12.1 Å². The van der Waals surface area contributed by atoms with E-state index in [-0.39, 0.29) is 5.91 Å². The van der Waals surface area contributed by atoms with Crippen LogP contribution in [0.1, 0.15) is 36.1 Å². The van der Waals surface area contributed by atoms with Gasteiger partial charge in [-0.3, -0.25) is 4.79 Å². The van der Waals surface area contributed by atoms with E-state index < -0.39 is 0 Å². The van der Waals surface area contributed by atoms with Crippen molar-refractivity contribution in [3.8, 4) is 0 Å². The molecule has 6 nitrogen and oxygen atoms in total. The lowest BCUT2D eigenvalue weighted by Crippen LogP contribution is -2.22. The molecular formula is C14H16N4O2. The summed E-state index contributed by atoms with van der Waals surface area (Å²) in [6.45, 7) is 2.05. The minimum Gasteiger partial charge on any atom is -0.361 e. The number of hydrogen-bond donors (Lipinski definition) is 1. The number of carbonyl (C=O) groups is 1. The maximum Gasteiger partial charge on any atom is 0.225 e. The number of hydrogen-bond acceptors (Lipinski definition) is 5. The molecule has 0 saturated carbocycles. The number of nitrogens with one attached hydrogen (secondary N) is 1. The Bertz CT molecular complexity index is 636. The third kappa shape index (κ3) is 2.54. The SMILES string of the molecule is CCc1cc(CCc2ncnc3c2CCC(=O)N3)on1. The fourth-order valence-electron chi connectivity index (χ4n) is 2.35. The molecule has 6 heteroatoms. The molecule has 0 spiro atoms. The molecule has 0 bridgehead atoms. The zero-order valence-corrected chi connectivity index (χ0v) is 11.3. The molecule has 0 unspecified atom stereocenters. The van der Waals surface area contributed by atoms with Crippen molar-refractivity contribution in [1.82, 2.24) is 15.1 Å². The molecule has 0 saturated heterocycles. The number of fused-ring (bicyclic) bond motifs is 1. The highest BCUT2D eigenvalue weighted by atomic mass is 16.5. The first-order valence-corrected chi connectivity index (χ1v) is 6.83. The highest BCUT2D eigenvalue weighted by Crippen LogP contribution is 2.23. The van der Waals surface area contributed by atoms with Gasteiger partial charge in [0, 0.05) is 30.2 Å². The monoisotopic (exact) mass is 272 g/mol. The first-order valence-electron chi connectivity index (χ1n) is 6.83. The Hall–Kier alpha value is -2.24. The number of amides is 1. The fourth-order valence-corrected chi connectivity index (χ4v) is 2.35. The van der Waals surface area contributed by atoms with Crippen LogP contribution in [0.15, 0.2) is 16.9 Å². The summed E-state index contributed by atoms with van der Waals surface area (Å²) in [5, 5.41) is 6.77. The molecule has 0 atom stereocenters. The molecule has 1 N–H and O–H groups in total. The fraction of sp³-hybridized carbons (Fsp3) is 0.429. The van der Waals surface area contributed by atoms with E-state index in [0.717, 1.165) is 42.0 Å². The van der Waals surface area contributed by atoms with Gasteiger partial charge < -0.3 is 9.84 Å². The van der Waals surface area contributed by atoms with Crippen molar-refractivity contribution in [3.63, 3.8) is 0 Å². The molecule has 3 heterocycles. The molecule has 3 rings (SSSR count). The molecule has 1 aliphatic rings. The van der Waals surface area contributed by atoms with Gasteiger partial charge in [0.05, 0.1) is 5.69 Å². The van der Waals surface area contributed by atoms with Gasteiger partial charge >= 0.3 is 0 Å². The molecule has 1 aliphatic heterocycles.